The van der Waals surface area contributed by atoms with Crippen LogP contribution in [0.25, 0.3) is 0 Å². The third-order valence-electron chi connectivity index (χ3n) is 3.82. The largest absolute Gasteiger partial charge is 0.494 e. The topological polar surface area (TPSA) is 72.8 Å². The fourth-order valence-electron chi connectivity index (χ4n) is 2.40. The van der Waals surface area contributed by atoms with Crippen molar-refractivity contribution in [3.8, 4) is 11.5 Å². The molecule has 0 bridgehead atoms. The lowest BCUT2D eigenvalue weighted by molar-refractivity contribution is 0.0955. The fourth-order valence-corrected chi connectivity index (χ4v) is 2.40. The highest BCUT2D eigenvalue weighted by molar-refractivity contribution is 5.94. The number of ether oxygens (including phenoxy) is 2. The molecule has 3 aromatic rings. The maximum absolute atomic E-state index is 12.1. The van der Waals surface area contributed by atoms with E-state index in [-0.39, 0.29) is 5.91 Å². The van der Waals surface area contributed by atoms with Crippen LogP contribution in [0.1, 0.15) is 28.4 Å². The average Bonchev–Trinajstić information content (AvgIpc) is 2.74. The van der Waals surface area contributed by atoms with Crippen molar-refractivity contribution >= 4 is 12.1 Å². The Kier molecular flexibility index (Phi) is 6.73. The van der Waals surface area contributed by atoms with Crippen molar-refractivity contribution in [3.05, 3.63) is 89.7 Å². The minimum Gasteiger partial charge on any atom is -0.494 e. The molecule has 0 fully saturated rings. The Labute approximate surface area is 163 Å². The molecule has 0 aliphatic rings. The average molecular weight is 375 g/mol. The molecule has 6 nitrogen and oxygen atoms in total. The highest BCUT2D eigenvalue weighted by Gasteiger charge is 2.04. The van der Waals surface area contributed by atoms with E-state index >= 15 is 0 Å². The molecule has 3 rings (SSSR count). The van der Waals surface area contributed by atoms with Gasteiger partial charge in [0.15, 0.2) is 0 Å². The number of hydrogen-bond acceptors (Lipinski definition) is 5. The Balaban J connectivity index is 1.50. The number of nitrogens with one attached hydrogen (secondary N) is 1. The molecule has 1 N–H and O–H groups in total. The maximum atomic E-state index is 12.1. The van der Waals surface area contributed by atoms with Gasteiger partial charge < -0.3 is 9.47 Å². The zero-order chi connectivity index (χ0) is 19.6. The predicted molar refractivity (Wildman–Crippen MR) is 108 cm³/mol. The Hall–Kier alpha value is -3.67. The Morgan fingerprint density at radius 2 is 1.75 bits per heavy atom. The van der Waals surface area contributed by atoms with E-state index in [2.05, 4.69) is 15.5 Å². The van der Waals surface area contributed by atoms with E-state index in [0.717, 1.165) is 22.6 Å². The SMILES string of the molecule is CCOc1ccc(OCc2ccc(C(=O)NN=Cc3cccnc3)cc2)cc1. The molecule has 142 valence electrons. The third kappa shape index (κ3) is 5.67. The maximum Gasteiger partial charge on any atom is 0.271 e. The van der Waals surface area contributed by atoms with Crippen molar-refractivity contribution in [1.29, 1.82) is 0 Å². The summed E-state index contributed by atoms with van der Waals surface area (Å²) in [7, 11) is 0. The number of hydrogen-bond donors (Lipinski definition) is 1. The number of carbonyl (C=O) groups excluding carboxylic acids is 1. The molecule has 0 saturated carbocycles. The number of carbonyl (C=O) groups is 1. The molecule has 0 saturated heterocycles. The molecular formula is C22H21N3O3. The molecular weight excluding hydrogens is 354 g/mol. The Morgan fingerprint density at radius 1 is 1.04 bits per heavy atom. The lowest BCUT2D eigenvalue weighted by atomic mass is 10.1. The highest BCUT2D eigenvalue weighted by Crippen LogP contribution is 2.18. The van der Waals surface area contributed by atoms with E-state index in [9.17, 15) is 4.79 Å². The first kappa shape index (κ1) is 19.1. The number of nitrogens with zero attached hydrogens (tertiary/aromatic N) is 2. The monoisotopic (exact) mass is 375 g/mol. The van der Waals surface area contributed by atoms with Crippen LogP contribution in [0, 0.1) is 0 Å². The van der Waals surface area contributed by atoms with Gasteiger partial charge in [-0.2, -0.15) is 5.10 Å². The van der Waals surface area contributed by atoms with E-state index < -0.39 is 0 Å². The standard InChI is InChI=1S/C22H21N3O3/c1-2-27-20-9-11-21(12-10-20)28-16-17-5-7-19(8-6-17)22(26)25-24-15-18-4-3-13-23-14-18/h3-15H,2,16H2,1H3,(H,25,26). The summed E-state index contributed by atoms with van der Waals surface area (Å²) in [5, 5.41) is 3.94. The van der Waals surface area contributed by atoms with Gasteiger partial charge in [-0.05, 0) is 55.0 Å². The molecule has 0 atom stereocenters. The van der Waals surface area contributed by atoms with Crippen molar-refractivity contribution < 1.29 is 14.3 Å². The lowest BCUT2D eigenvalue weighted by Crippen LogP contribution is -2.17. The van der Waals surface area contributed by atoms with Gasteiger partial charge in [-0.15, -0.1) is 0 Å². The number of pyridine rings is 1. The summed E-state index contributed by atoms with van der Waals surface area (Å²) in [5.41, 5.74) is 4.79. The number of hydrazone groups is 1. The summed E-state index contributed by atoms with van der Waals surface area (Å²) in [6.07, 6.45) is 4.88. The molecule has 1 heterocycles. The molecule has 0 aliphatic carbocycles. The van der Waals surface area contributed by atoms with Crippen LogP contribution in [0.4, 0.5) is 0 Å². The van der Waals surface area contributed by atoms with Gasteiger partial charge in [-0.3, -0.25) is 9.78 Å². The second kappa shape index (κ2) is 9.87. The van der Waals surface area contributed by atoms with Crippen LogP contribution in [0.5, 0.6) is 11.5 Å². The summed E-state index contributed by atoms with van der Waals surface area (Å²) in [6.45, 7) is 2.99. The molecule has 28 heavy (non-hydrogen) atoms. The van der Waals surface area contributed by atoms with Crippen molar-refractivity contribution in [2.24, 2.45) is 5.10 Å². The number of rotatable bonds is 8. The van der Waals surface area contributed by atoms with E-state index in [0.29, 0.717) is 18.8 Å². The van der Waals surface area contributed by atoms with Gasteiger partial charge in [-0.1, -0.05) is 18.2 Å². The van der Waals surface area contributed by atoms with Crippen LogP contribution in [-0.4, -0.2) is 23.7 Å². The molecule has 1 aromatic heterocycles. The van der Waals surface area contributed by atoms with E-state index in [1.165, 1.54) is 0 Å². The minimum atomic E-state index is -0.279. The quantitative estimate of drug-likeness (QED) is 0.480. The first-order valence-corrected chi connectivity index (χ1v) is 8.92. The number of aromatic nitrogens is 1. The predicted octanol–water partition coefficient (Wildman–Crippen LogP) is 3.82. The normalized spacial score (nSPS) is 10.6. The summed E-state index contributed by atoms with van der Waals surface area (Å²) in [4.78, 5) is 16.1. The number of amides is 1. The van der Waals surface area contributed by atoms with Gasteiger partial charge in [0, 0.05) is 23.5 Å². The van der Waals surface area contributed by atoms with Gasteiger partial charge in [0.2, 0.25) is 0 Å². The first-order chi connectivity index (χ1) is 13.7. The zero-order valence-electron chi connectivity index (χ0n) is 15.5. The van der Waals surface area contributed by atoms with Crippen LogP contribution in [0.15, 0.2) is 78.2 Å². The lowest BCUT2D eigenvalue weighted by Gasteiger charge is -2.08. The van der Waals surface area contributed by atoms with E-state index in [1.807, 2.05) is 49.4 Å². The van der Waals surface area contributed by atoms with Gasteiger partial charge in [0.1, 0.15) is 18.1 Å². The molecule has 0 spiro atoms. The van der Waals surface area contributed by atoms with Gasteiger partial charge >= 0.3 is 0 Å². The summed E-state index contributed by atoms with van der Waals surface area (Å²) >= 11 is 0. The molecule has 0 unspecified atom stereocenters. The summed E-state index contributed by atoms with van der Waals surface area (Å²) < 4.78 is 11.2. The van der Waals surface area contributed by atoms with Crippen LogP contribution in [0.2, 0.25) is 0 Å². The minimum absolute atomic E-state index is 0.279. The highest BCUT2D eigenvalue weighted by atomic mass is 16.5. The number of benzene rings is 2. The van der Waals surface area contributed by atoms with Crippen molar-refractivity contribution in [1.82, 2.24) is 10.4 Å². The van der Waals surface area contributed by atoms with Crippen molar-refractivity contribution in [3.63, 3.8) is 0 Å². The third-order valence-corrected chi connectivity index (χ3v) is 3.82. The van der Waals surface area contributed by atoms with Crippen molar-refractivity contribution in [2.45, 2.75) is 13.5 Å². The van der Waals surface area contributed by atoms with Crippen LogP contribution in [0.3, 0.4) is 0 Å². The fraction of sp³-hybridized carbons (Fsp3) is 0.136. The summed E-state index contributed by atoms with van der Waals surface area (Å²) in [5.74, 6) is 1.30. The van der Waals surface area contributed by atoms with E-state index in [1.54, 1.807) is 36.8 Å². The molecule has 0 aliphatic heterocycles. The first-order valence-electron chi connectivity index (χ1n) is 8.92. The van der Waals surface area contributed by atoms with Gasteiger partial charge in [0.25, 0.3) is 5.91 Å². The van der Waals surface area contributed by atoms with Gasteiger partial charge in [-0.25, -0.2) is 5.43 Å². The second-order valence-electron chi connectivity index (χ2n) is 5.88. The molecule has 2 aromatic carbocycles. The molecule has 0 radical (unpaired) electrons. The van der Waals surface area contributed by atoms with Gasteiger partial charge in [0.05, 0.1) is 12.8 Å². The van der Waals surface area contributed by atoms with Crippen LogP contribution >= 0.6 is 0 Å². The van der Waals surface area contributed by atoms with E-state index in [4.69, 9.17) is 9.47 Å². The van der Waals surface area contributed by atoms with Crippen LogP contribution in [-0.2, 0) is 6.61 Å². The molecule has 1 amide bonds. The zero-order valence-corrected chi connectivity index (χ0v) is 15.5. The summed E-state index contributed by atoms with van der Waals surface area (Å²) in [6, 6.07) is 18.3. The Morgan fingerprint density at radius 3 is 2.39 bits per heavy atom. The molecule has 6 heteroatoms. The Bertz CT molecular complexity index is 908. The smallest absolute Gasteiger partial charge is 0.271 e. The van der Waals surface area contributed by atoms with Crippen LogP contribution < -0.4 is 14.9 Å². The van der Waals surface area contributed by atoms with Crippen molar-refractivity contribution in [2.75, 3.05) is 6.61 Å². The second-order valence-corrected chi connectivity index (χ2v) is 5.88.